The van der Waals surface area contributed by atoms with Crippen LogP contribution in [0.4, 0.5) is 0 Å². The summed E-state index contributed by atoms with van der Waals surface area (Å²) in [5, 5.41) is 2.17. The standard InChI is InChI=1S/C22H29NO/c1-22(2,3)20-15-9-8-14-19(20)21(18-12-6-4-7-13-18)24-23-16-10-5-11-17-23/h4,6-9,12-15,21H,5,10-11,16-17H2,1-3H3/t21-/m0/s1. The Bertz CT molecular complexity index is 639. The number of rotatable bonds is 4. The molecule has 0 radical (unpaired) electrons. The molecule has 0 aliphatic carbocycles. The van der Waals surface area contributed by atoms with Crippen LogP contribution in [0.1, 0.15) is 62.8 Å². The number of hydrogen-bond acceptors (Lipinski definition) is 2. The van der Waals surface area contributed by atoms with Crippen molar-refractivity contribution in [3.63, 3.8) is 0 Å². The Labute approximate surface area is 146 Å². The van der Waals surface area contributed by atoms with E-state index >= 15 is 0 Å². The van der Waals surface area contributed by atoms with Gasteiger partial charge >= 0.3 is 0 Å². The first kappa shape index (κ1) is 17.2. The molecule has 3 rings (SSSR count). The van der Waals surface area contributed by atoms with E-state index in [-0.39, 0.29) is 11.5 Å². The van der Waals surface area contributed by atoms with Crippen LogP contribution >= 0.6 is 0 Å². The average molecular weight is 323 g/mol. The Balaban J connectivity index is 1.99. The van der Waals surface area contributed by atoms with Crippen molar-refractivity contribution in [1.29, 1.82) is 0 Å². The number of nitrogens with zero attached hydrogens (tertiary/aromatic N) is 1. The Kier molecular flexibility index (Phi) is 5.37. The molecule has 1 fully saturated rings. The van der Waals surface area contributed by atoms with Gasteiger partial charge in [-0.25, -0.2) is 0 Å². The van der Waals surface area contributed by atoms with Crippen LogP contribution in [0.15, 0.2) is 54.6 Å². The molecule has 2 aromatic rings. The molecule has 1 atom stereocenters. The highest BCUT2D eigenvalue weighted by Gasteiger charge is 2.26. The van der Waals surface area contributed by atoms with Crippen LogP contribution in [0.2, 0.25) is 0 Å². The molecular formula is C22H29NO. The Morgan fingerprint density at radius 2 is 1.46 bits per heavy atom. The first-order valence-corrected chi connectivity index (χ1v) is 9.12. The highest BCUT2D eigenvalue weighted by atomic mass is 16.7. The normalized spacial score (nSPS) is 17.6. The third kappa shape index (κ3) is 4.06. The molecule has 128 valence electrons. The highest BCUT2D eigenvalue weighted by Crippen LogP contribution is 2.35. The minimum absolute atomic E-state index is 0.0419. The van der Waals surface area contributed by atoms with Crippen molar-refractivity contribution >= 4 is 0 Å². The molecular weight excluding hydrogens is 294 g/mol. The van der Waals surface area contributed by atoms with E-state index in [9.17, 15) is 0 Å². The molecule has 2 nitrogen and oxygen atoms in total. The summed E-state index contributed by atoms with van der Waals surface area (Å²) in [5.74, 6) is 0. The minimum Gasteiger partial charge on any atom is -0.286 e. The molecule has 1 aliphatic rings. The van der Waals surface area contributed by atoms with Gasteiger partial charge in [-0.1, -0.05) is 81.8 Å². The van der Waals surface area contributed by atoms with E-state index in [2.05, 4.69) is 80.4 Å². The Morgan fingerprint density at radius 1 is 0.833 bits per heavy atom. The van der Waals surface area contributed by atoms with Crippen LogP contribution in [0.3, 0.4) is 0 Å². The summed E-state index contributed by atoms with van der Waals surface area (Å²) in [6, 6.07) is 19.3. The van der Waals surface area contributed by atoms with Crippen molar-refractivity contribution in [1.82, 2.24) is 5.06 Å². The fraction of sp³-hybridized carbons (Fsp3) is 0.455. The second-order valence-corrected chi connectivity index (χ2v) is 7.72. The van der Waals surface area contributed by atoms with Gasteiger partial charge in [0.05, 0.1) is 0 Å². The van der Waals surface area contributed by atoms with Crippen LogP contribution in [-0.4, -0.2) is 18.2 Å². The summed E-state index contributed by atoms with van der Waals surface area (Å²) in [4.78, 5) is 6.53. The van der Waals surface area contributed by atoms with Crippen molar-refractivity contribution in [3.05, 3.63) is 71.3 Å². The lowest BCUT2D eigenvalue weighted by atomic mass is 9.81. The van der Waals surface area contributed by atoms with E-state index in [4.69, 9.17) is 4.84 Å². The predicted octanol–water partition coefficient (Wildman–Crippen LogP) is 5.49. The molecule has 2 aromatic carbocycles. The smallest absolute Gasteiger partial charge is 0.130 e. The Hall–Kier alpha value is -1.64. The minimum atomic E-state index is -0.0419. The summed E-state index contributed by atoms with van der Waals surface area (Å²) in [6.07, 6.45) is 3.72. The SMILES string of the molecule is CC(C)(C)c1ccccc1[C@@H](ON1CCCCC1)c1ccccc1. The van der Waals surface area contributed by atoms with E-state index in [1.165, 1.54) is 36.0 Å². The first-order valence-electron chi connectivity index (χ1n) is 9.12. The van der Waals surface area contributed by atoms with Gasteiger partial charge in [-0.2, -0.15) is 5.06 Å². The lowest BCUT2D eigenvalue weighted by Crippen LogP contribution is -2.32. The number of piperidine rings is 1. The molecule has 0 amide bonds. The maximum absolute atomic E-state index is 6.53. The number of hydroxylamine groups is 2. The van der Waals surface area contributed by atoms with E-state index in [0.29, 0.717) is 0 Å². The van der Waals surface area contributed by atoms with Crippen LogP contribution in [0.25, 0.3) is 0 Å². The lowest BCUT2D eigenvalue weighted by Gasteiger charge is -2.33. The van der Waals surface area contributed by atoms with Crippen LogP contribution < -0.4 is 0 Å². The summed E-state index contributed by atoms with van der Waals surface area (Å²) in [6.45, 7) is 8.88. The van der Waals surface area contributed by atoms with E-state index in [1.54, 1.807) is 0 Å². The molecule has 0 N–H and O–H groups in total. The first-order chi connectivity index (χ1) is 11.6. The van der Waals surface area contributed by atoms with Gasteiger partial charge in [0.1, 0.15) is 6.10 Å². The largest absolute Gasteiger partial charge is 0.286 e. The third-order valence-corrected chi connectivity index (χ3v) is 4.72. The van der Waals surface area contributed by atoms with Gasteiger partial charge in [-0.3, -0.25) is 4.84 Å². The summed E-state index contributed by atoms with van der Waals surface area (Å²) >= 11 is 0. The lowest BCUT2D eigenvalue weighted by molar-refractivity contribution is -0.196. The fourth-order valence-electron chi connectivity index (χ4n) is 3.45. The number of benzene rings is 2. The van der Waals surface area contributed by atoms with Crippen molar-refractivity contribution in [2.45, 2.75) is 51.6 Å². The average Bonchev–Trinajstić information content (AvgIpc) is 2.61. The summed E-state index contributed by atoms with van der Waals surface area (Å²) in [5.41, 5.74) is 3.95. The van der Waals surface area contributed by atoms with Crippen LogP contribution in [-0.2, 0) is 10.3 Å². The molecule has 0 aromatic heterocycles. The van der Waals surface area contributed by atoms with E-state index in [1.807, 2.05) is 0 Å². The Morgan fingerprint density at radius 3 is 2.12 bits per heavy atom. The molecule has 2 heteroatoms. The third-order valence-electron chi connectivity index (χ3n) is 4.72. The number of hydrogen-bond donors (Lipinski definition) is 0. The predicted molar refractivity (Wildman–Crippen MR) is 99.9 cm³/mol. The van der Waals surface area contributed by atoms with Crippen molar-refractivity contribution in [2.75, 3.05) is 13.1 Å². The topological polar surface area (TPSA) is 12.5 Å². The summed E-state index contributed by atoms with van der Waals surface area (Å²) < 4.78 is 0. The molecule has 0 bridgehead atoms. The van der Waals surface area contributed by atoms with Crippen molar-refractivity contribution < 1.29 is 4.84 Å². The van der Waals surface area contributed by atoms with E-state index < -0.39 is 0 Å². The highest BCUT2D eigenvalue weighted by molar-refractivity contribution is 5.39. The zero-order valence-corrected chi connectivity index (χ0v) is 15.2. The second kappa shape index (κ2) is 7.50. The maximum atomic E-state index is 6.53. The fourth-order valence-corrected chi connectivity index (χ4v) is 3.45. The monoisotopic (exact) mass is 323 g/mol. The molecule has 24 heavy (non-hydrogen) atoms. The molecule has 0 spiro atoms. The van der Waals surface area contributed by atoms with Crippen molar-refractivity contribution in [3.8, 4) is 0 Å². The van der Waals surface area contributed by atoms with Gasteiger partial charge in [0.2, 0.25) is 0 Å². The van der Waals surface area contributed by atoms with Gasteiger partial charge in [0, 0.05) is 13.1 Å². The second-order valence-electron chi connectivity index (χ2n) is 7.72. The molecule has 1 saturated heterocycles. The van der Waals surface area contributed by atoms with Gasteiger partial charge in [0.25, 0.3) is 0 Å². The molecule has 0 unspecified atom stereocenters. The van der Waals surface area contributed by atoms with Gasteiger partial charge < -0.3 is 0 Å². The van der Waals surface area contributed by atoms with Gasteiger partial charge in [-0.05, 0) is 34.9 Å². The van der Waals surface area contributed by atoms with Crippen LogP contribution in [0.5, 0.6) is 0 Å². The summed E-state index contributed by atoms with van der Waals surface area (Å²) in [7, 11) is 0. The van der Waals surface area contributed by atoms with Gasteiger partial charge in [-0.15, -0.1) is 0 Å². The maximum Gasteiger partial charge on any atom is 0.130 e. The molecule has 1 aliphatic heterocycles. The zero-order valence-electron chi connectivity index (χ0n) is 15.2. The zero-order chi connectivity index (χ0) is 17.0. The van der Waals surface area contributed by atoms with Crippen molar-refractivity contribution in [2.24, 2.45) is 0 Å². The molecule has 1 heterocycles. The van der Waals surface area contributed by atoms with E-state index in [0.717, 1.165) is 13.1 Å². The van der Waals surface area contributed by atoms with Gasteiger partial charge in [0.15, 0.2) is 0 Å². The molecule has 0 saturated carbocycles. The quantitative estimate of drug-likeness (QED) is 0.737. The van der Waals surface area contributed by atoms with Crippen LogP contribution in [0, 0.1) is 0 Å².